The van der Waals surface area contributed by atoms with Gasteiger partial charge in [-0.25, -0.2) is 19.2 Å². The van der Waals surface area contributed by atoms with Gasteiger partial charge >= 0.3 is 12.2 Å². The van der Waals surface area contributed by atoms with E-state index in [0.717, 1.165) is 10.2 Å². The third-order valence-electron chi connectivity index (χ3n) is 6.41. The van der Waals surface area contributed by atoms with Gasteiger partial charge in [0.2, 0.25) is 0 Å². The van der Waals surface area contributed by atoms with Crippen molar-refractivity contribution in [3.05, 3.63) is 45.9 Å². The molecule has 0 N–H and O–H groups in total. The smallest absolute Gasteiger partial charge is 0.435 e. The van der Waals surface area contributed by atoms with Crippen molar-refractivity contribution in [2.24, 2.45) is 0 Å². The molecule has 0 spiro atoms. The predicted octanol–water partition coefficient (Wildman–Crippen LogP) is 6.89. The molecule has 12 heteroatoms. The first-order valence-corrected chi connectivity index (χ1v) is 16.2. The standard InChI is InChI=1S/C32H49N5O6Si/c1-19(2)36-26(38)23-18-21(32(13,14)43-44-31(10,11)12)15-16-22(23)25(34-36)35(27(39)41-29(4,5)6)24-17-20(3)37(33-24)28(40)42-30(7,8)9/h15-19H,44H2,1-14H3. The first-order chi connectivity index (χ1) is 19.9. The number of anilines is 2. The van der Waals surface area contributed by atoms with Crippen LogP contribution in [0.3, 0.4) is 0 Å². The maximum atomic E-state index is 13.9. The lowest BCUT2D eigenvalue weighted by atomic mass is 9.96. The molecule has 2 aromatic heterocycles. The Morgan fingerprint density at radius 2 is 1.45 bits per heavy atom. The molecule has 2 heterocycles. The number of hydrogen-bond donors (Lipinski definition) is 0. The number of nitrogens with zero attached hydrogens (tertiary/aromatic N) is 5. The summed E-state index contributed by atoms with van der Waals surface area (Å²) in [5.74, 6) is 0.236. The third kappa shape index (κ3) is 8.35. The highest BCUT2D eigenvalue weighted by Gasteiger charge is 2.33. The Balaban J connectivity index is 2.32. The Labute approximate surface area is 262 Å². The molecule has 0 saturated heterocycles. The van der Waals surface area contributed by atoms with Crippen LogP contribution in [0.5, 0.6) is 0 Å². The second-order valence-corrected chi connectivity index (χ2v) is 17.8. The van der Waals surface area contributed by atoms with Crippen molar-refractivity contribution in [1.29, 1.82) is 0 Å². The minimum absolute atomic E-state index is 0.0876. The molecule has 242 valence electrons. The van der Waals surface area contributed by atoms with Gasteiger partial charge in [-0.2, -0.15) is 9.78 Å². The molecule has 0 fully saturated rings. The van der Waals surface area contributed by atoms with Crippen LogP contribution < -0.4 is 10.5 Å². The molecule has 1 aromatic carbocycles. The van der Waals surface area contributed by atoms with E-state index in [2.05, 4.69) is 31.0 Å². The maximum Gasteiger partial charge on any atom is 0.435 e. The summed E-state index contributed by atoms with van der Waals surface area (Å²) in [4.78, 5) is 41.9. The number of carbonyl (C=O) groups is 2. The van der Waals surface area contributed by atoms with Crippen LogP contribution in [0.15, 0.2) is 29.1 Å². The molecule has 44 heavy (non-hydrogen) atoms. The van der Waals surface area contributed by atoms with E-state index in [-0.39, 0.29) is 28.3 Å². The lowest BCUT2D eigenvalue weighted by Gasteiger charge is -2.31. The van der Waals surface area contributed by atoms with Gasteiger partial charge in [-0.15, -0.1) is 5.10 Å². The Hall–Kier alpha value is -3.51. The molecule has 0 aliphatic carbocycles. The van der Waals surface area contributed by atoms with Crippen LogP contribution in [0.4, 0.5) is 21.2 Å². The molecule has 3 aromatic rings. The molecular formula is C32H49N5O6Si. The van der Waals surface area contributed by atoms with Crippen LogP contribution in [-0.4, -0.2) is 52.7 Å². The van der Waals surface area contributed by atoms with Gasteiger partial charge in [-0.1, -0.05) is 26.8 Å². The van der Waals surface area contributed by atoms with Gasteiger partial charge in [0.25, 0.3) is 5.56 Å². The summed E-state index contributed by atoms with van der Waals surface area (Å²) in [7, 11) is -0.896. The summed E-state index contributed by atoms with van der Waals surface area (Å²) in [6.45, 7) is 26.4. The number of amides is 1. The van der Waals surface area contributed by atoms with E-state index in [1.54, 1.807) is 60.6 Å². The van der Waals surface area contributed by atoms with Crippen molar-refractivity contribution in [2.45, 2.75) is 125 Å². The van der Waals surface area contributed by atoms with Crippen LogP contribution in [0.2, 0.25) is 5.04 Å². The largest absolute Gasteiger partial charge is 0.443 e. The van der Waals surface area contributed by atoms with E-state index < -0.39 is 38.8 Å². The van der Waals surface area contributed by atoms with Gasteiger partial charge in [-0.3, -0.25) is 4.79 Å². The average molecular weight is 628 g/mol. The van der Waals surface area contributed by atoms with Crippen molar-refractivity contribution in [1.82, 2.24) is 19.6 Å². The first kappa shape index (κ1) is 35.0. The van der Waals surface area contributed by atoms with Crippen molar-refractivity contribution in [2.75, 3.05) is 4.90 Å². The number of hydrogen-bond acceptors (Lipinski definition) is 8. The lowest BCUT2D eigenvalue weighted by Crippen LogP contribution is -2.37. The Bertz CT molecular complexity index is 1600. The zero-order valence-electron chi connectivity index (χ0n) is 28.8. The van der Waals surface area contributed by atoms with Crippen LogP contribution in [0, 0.1) is 6.92 Å². The number of fused-ring (bicyclic) bond motifs is 1. The van der Waals surface area contributed by atoms with E-state index in [1.165, 1.54) is 9.58 Å². The van der Waals surface area contributed by atoms with Gasteiger partial charge in [0.1, 0.15) is 11.2 Å². The number of ether oxygens (including phenoxy) is 2. The molecule has 11 nitrogen and oxygen atoms in total. The van der Waals surface area contributed by atoms with Crippen molar-refractivity contribution in [3.8, 4) is 0 Å². The van der Waals surface area contributed by atoms with Crippen LogP contribution >= 0.6 is 0 Å². The zero-order chi connectivity index (χ0) is 33.6. The van der Waals surface area contributed by atoms with Crippen LogP contribution in [-0.2, 0) is 19.5 Å². The fourth-order valence-electron chi connectivity index (χ4n) is 4.26. The van der Waals surface area contributed by atoms with Gasteiger partial charge in [0.15, 0.2) is 21.4 Å². The average Bonchev–Trinajstić information content (AvgIpc) is 3.22. The molecule has 0 aliphatic heterocycles. The highest BCUT2D eigenvalue weighted by molar-refractivity contribution is 6.31. The van der Waals surface area contributed by atoms with E-state index >= 15 is 0 Å². The fraction of sp³-hybridized carbons (Fsp3) is 0.594. The van der Waals surface area contributed by atoms with Crippen molar-refractivity contribution in [3.63, 3.8) is 0 Å². The second kappa shape index (κ2) is 12.1. The number of aromatic nitrogens is 4. The predicted molar refractivity (Wildman–Crippen MR) is 176 cm³/mol. The summed E-state index contributed by atoms with van der Waals surface area (Å²) >= 11 is 0. The molecule has 0 unspecified atom stereocenters. The molecule has 0 radical (unpaired) electrons. The summed E-state index contributed by atoms with van der Waals surface area (Å²) in [5, 5.41) is 10.0. The Kier molecular flexibility index (Phi) is 9.63. The van der Waals surface area contributed by atoms with Crippen molar-refractivity contribution < 1.29 is 23.5 Å². The monoisotopic (exact) mass is 627 g/mol. The SMILES string of the molecule is Cc1cc(N(C(=O)OC(C)(C)C)c2nn(C(C)C)c(=O)c3cc(C(C)(C)O[SiH2]C(C)(C)C)ccc23)nn1C(=O)OC(C)(C)C. The first-order valence-electron chi connectivity index (χ1n) is 14.9. The molecule has 0 bridgehead atoms. The summed E-state index contributed by atoms with van der Waals surface area (Å²) in [5.41, 5.74) is -1.28. The number of aryl methyl sites for hydroxylation is 1. The molecule has 1 amide bonds. The van der Waals surface area contributed by atoms with Crippen LogP contribution in [0.1, 0.15) is 107 Å². The number of benzene rings is 1. The van der Waals surface area contributed by atoms with E-state index in [0.29, 0.717) is 16.5 Å². The maximum absolute atomic E-state index is 13.9. The number of rotatable bonds is 6. The molecular weight excluding hydrogens is 578 g/mol. The van der Waals surface area contributed by atoms with Gasteiger partial charge in [0.05, 0.1) is 22.7 Å². The Morgan fingerprint density at radius 3 is 1.98 bits per heavy atom. The zero-order valence-corrected chi connectivity index (χ0v) is 30.2. The Morgan fingerprint density at radius 1 is 0.864 bits per heavy atom. The highest BCUT2D eigenvalue weighted by atomic mass is 28.2. The minimum Gasteiger partial charge on any atom is -0.443 e. The topological polar surface area (TPSA) is 118 Å². The molecule has 0 atom stereocenters. The van der Waals surface area contributed by atoms with Gasteiger partial charge in [0, 0.05) is 11.5 Å². The summed E-state index contributed by atoms with van der Waals surface area (Å²) in [6.07, 6.45) is -1.46. The quantitative estimate of drug-likeness (QED) is 0.271. The van der Waals surface area contributed by atoms with E-state index in [9.17, 15) is 14.4 Å². The van der Waals surface area contributed by atoms with Gasteiger partial charge < -0.3 is 13.9 Å². The van der Waals surface area contributed by atoms with Crippen LogP contribution in [0.25, 0.3) is 10.8 Å². The van der Waals surface area contributed by atoms with E-state index in [1.807, 2.05) is 39.8 Å². The lowest BCUT2D eigenvalue weighted by molar-refractivity contribution is 0.0506. The third-order valence-corrected chi connectivity index (χ3v) is 8.14. The normalized spacial score (nSPS) is 13.2. The second-order valence-electron chi connectivity index (χ2n) is 15.1. The van der Waals surface area contributed by atoms with Crippen molar-refractivity contribution >= 4 is 44.4 Å². The summed E-state index contributed by atoms with van der Waals surface area (Å²) < 4.78 is 20.2. The fourth-order valence-corrected chi connectivity index (χ4v) is 5.22. The van der Waals surface area contributed by atoms with E-state index in [4.69, 9.17) is 13.9 Å². The highest BCUT2D eigenvalue weighted by Crippen LogP contribution is 2.35. The van der Waals surface area contributed by atoms with Gasteiger partial charge in [-0.05, 0) is 98.9 Å². The number of carbonyl (C=O) groups excluding carboxylic acids is 2. The molecule has 0 saturated carbocycles. The molecule has 0 aliphatic rings. The minimum atomic E-state index is -0.896. The summed E-state index contributed by atoms with van der Waals surface area (Å²) in [6, 6.07) is 6.73. The molecule has 3 rings (SSSR count).